The number of halogens is 1. The second-order valence-corrected chi connectivity index (χ2v) is 6.65. The Kier molecular flexibility index (Phi) is 3.97. The molecule has 0 fully saturated rings. The smallest absolute Gasteiger partial charge is 0.286 e. The van der Waals surface area contributed by atoms with Crippen LogP contribution in [0.5, 0.6) is 0 Å². The maximum Gasteiger partial charge on any atom is 0.286 e. The van der Waals surface area contributed by atoms with Crippen LogP contribution in [-0.4, -0.2) is 16.8 Å². The van der Waals surface area contributed by atoms with Crippen molar-refractivity contribution in [2.45, 2.75) is 6.92 Å². The van der Waals surface area contributed by atoms with Gasteiger partial charge in [-0.25, -0.2) is 0 Å². The maximum absolute atomic E-state index is 12.2. The number of anilines is 1. The molecule has 0 aliphatic heterocycles. The van der Waals surface area contributed by atoms with Crippen molar-refractivity contribution in [1.29, 1.82) is 0 Å². The molecule has 0 radical (unpaired) electrons. The lowest BCUT2D eigenvalue weighted by Gasteiger charge is -2.10. The first-order valence-electron chi connectivity index (χ1n) is 6.69. The van der Waals surface area contributed by atoms with Gasteiger partial charge in [0.2, 0.25) is 0 Å². The number of carbonyl (C=O) groups excluding carboxylic acids is 2. The Bertz CT molecular complexity index is 864. The Labute approximate surface area is 140 Å². The number of aromatic amines is 1. The average molecular weight is 349 g/mol. The minimum Gasteiger partial charge on any atom is -0.398 e. The molecule has 0 aliphatic carbocycles. The molecule has 1 aromatic carbocycles. The van der Waals surface area contributed by atoms with Crippen LogP contribution in [0.4, 0.5) is 5.69 Å². The van der Waals surface area contributed by atoms with Crippen LogP contribution in [0, 0.1) is 6.92 Å². The van der Waals surface area contributed by atoms with E-state index in [2.05, 4.69) is 15.8 Å². The molecule has 2 aromatic heterocycles. The number of hydrazine groups is 1. The van der Waals surface area contributed by atoms with Gasteiger partial charge in [0.1, 0.15) is 10.5 Å². The van der Waals surface area contributed by atoms with Crippen LogP contribution in [0.25, 0.3) is 10.2 Å². The van der Waals surface area contributed by atoms with Crippen LogP contribution < -0.4 is 16.6 Å². The average Bonchev–Trinajstić information content (AvgIpc) is 3.01. The summed E-state index contributed by atoms with van der Waals surface area (Å²) in [5, 5.41) is 0.847. The van der Waals surface area contributed by atoms with Gasteiger partial charge in [-0.2, -0.15) is 0 Å². The van der Waals surface area contributed by atoms with E-state index < -0.39 is 11.8 Å². The molecule has 0 spiro atoms. The first-order chi connectivity index (χ1) is 11.0. The monoisotopic (exact) mass is 348 g/mol. The molecule has 2 heterocycles. The zero-order valence-corrected chi connectivity index (χ0v) is 13.6. The number of nitrogens with two attached hydrogens (primary N) is 1. The lowest BCUT2D eigenvalue weighted by atomic mass is 10.1. The fourth-order valence-corrected chi connectivity index (χ4v) is 3.39. The number of hydrogen-bond donors (Lipinski definition) is 4. The molecule has 0 bridgehead atoms. The van der Waals surface area contributed by atoms with Gasteiger partial charge in [0.05, 0.1) is 9.90 Å². The molecule has 0 saturated carbocycles. The third-order valence-corrected chi connectivity index (χ3v) is 4.54. The summed E-state index contributed by atoms with van der Waals surface area (Å²) in [6, 6.07) is 8.60. The van der Waals surface area contributed by atoms with E-state index in [0.29, 0.717) is 21.3 Å². The number of nitrogens with one attached hydrogen (secondary N) is 3. The Morgan fingerprint density at radius 2 is 1.96 bits per heavy atom. The van der Waals surface area contributed by atoms with Crippen molar-refractivity contribution in [3.8, 4) is 0 Å². The number of H-pyrrole nitrogens is 1. The van der Waals surface area contributed by atoms with Gasteiger partial charge in [-0.15, -0.1) is 11.3 Å². The molecule has 0 unspecified atom stereocenters. The first-order valence-corrected chi connectivity index (χ1v) is 7.89. The Morgan fingerprint density at radius 1 is 1.22 bits per heavy atom. The largest absolute Gasteiger partial charge is 0.398 e. The summed E-state index contributed by atoms with van der Waals surface area (Å²) in [5.74, 6) is -0.921. The number of rotatable bonds is 2. The number of carbonyl (C=O) groups is 2. The zero-order chi connectivity index (χ0) is 16.6. The van der Waals surface area contributed by atoms with E-state index in [1.54, 1.807) is 37.3 Å². The highest BCUT2D eigenvalue weighted by Gasteiger charge is 2.15. The molecule has 6 nitrogen and oxygen atoms in total. The van der Waals surface area contributed by atoms with E-state index in [9.17, 15) is 9.59 Å². The number of nitrogen functional groups attached to an aromatic ring is 1. The number of benzene rings is 1. The number of hydrogen-bond acceptors (Lipinski definition) is 4. The number of thiophene rings is 1. The molecule has 0 saturated heterocycles. The topological polar surface area (TPSA) is 100 Å². The van der Waals surface area contributed by atoms with Crippen molar-refractivity contribution in [2.24, 2.45) is 0 Å². The van der Waals surface area contributed by atoms with E-state index >= 15 is 0 Å². The van der Waals surface area contributed by atoms with E-state index in [0.717, 1.165) is 15.8 Å². The molecule has 2 amide bonds. The maximum atomic E-state index is 12.2. The first kappa shape index (κ1) is 15.4. The van der Waals surface area contributed by atoms with Crippen LogP contribution in [0.1, 0.15) is 26.4 Å². The highest BCUT2D eigenvalue weighted by Crippen LogP contribution is 2.29. The zero-order valence-electron chi connectivity index (χ0n) is 12.1. The SMILES string of the molecule is Cc1cccc(N)c1C(=O)NNC(=O)c1cc2cc(Cl)sc2[nH]1. The summed E-state index contributed by atoms with van der Waals surface area (Å²) in [6.45, 7) is 1.77. The van der Waals surface area contributed by atoms with E-state index in [1.165, 1.54) is 11.3 Å². The minimum atomic E-state index is -0.467. The molecule has 0 aliphatic rings. The second kappa shape index (κ2) is 5.94. The van der Waals surface area contributed by atoms with Crippen LogP contribution in [0.2, 0.25) is 4.34 Å². The Morgan fingerprint density at radius 3 is 2.65 bits per heavy atom. The molecule has 8 heteroatoms. The fourth-order valence-electron chi connectivity index (χ4n) is 2.26. The van der Waals surface area contributed by atoms with Gasteiger partial charge in [-0.3, -0.25) is 20.4 Å². The van der Waals surface area contributed by atoms with Crippen LogP contribution in [0.15, 0.2) is 30.3 Å². The quantitative estimate of drug-likeness (QED) is 0.423. The summed E-state index contributed by atoms with van der Waals surface area (Å²) in [5.41, 5.74) is 12.3. The number of aryl methyl sites for hydroxylation is 1. The number of aromatic nitrogens is 1. The Balaban J connectivity index is 1.71. The van der Waals surface area contributed by atoms with Crippen LogP contribution in [0.3, 0.4) is 0 Å². The summed E-state index contributed by atoms with van der Waals surface area (Å²) < 4.78 is 0.640. The highest BCUT2D eigenvalue weighted by atomic mass is 35.5. The summed E-state index contributed by atoms with van der Waals surface area (Å²) >= 11 is 7.23. The van der Waals surface area contributed by atoms with Crippen molar-refractivity contribution in [1.82, 2.24) is 15.8 Å². The van der Waals surface area contributed by atoms with Crippen molar-refractivity contribution in [3.63, 3.8) is 0 Å². The van der Waals surface area contributed by atoms with Crippen LogP contribution in [-0.2, 0) is 0 Å². The molecular formula is C15H13ClN4O2S. The van der Waals surface area contributed by atoms with Crippen molar-refractivity contribution in [3.05, 3.63) is 51.5 Å². The third kappa shape index (κ3) is 3.01. The van der Waals surface area contributed by atoms with E-state index in [4.69, 9.17) is 17.3 Å². The number of amides is 2. The predicted octanol–water partition coefficient (Wildman–Crippen LogP) is 2.85. The van der Waals surface area contributed by atoms with E-state index in [1.807, 2.05) is 0 Å². The summed E-state index contributed by atoms with van der Waals surface area (Å²) in [7, 11) is 0. The van der Waals surface area contributed by atoms with Crippen molar-refractivity contribution < 1.29 is 9.59 Å². The van der Waals surface area contributed by atoms with Gasteiger partial charge in [-0.05, 0) is 30.7 Å². The molecule has 5 N–H and O–H groups in total. The predicted molar refractivity (Wildman–Crippen MR) is 91.7 cm³/mol. The lowest BCUT2D eigenvalue weighted by Crippen LogP contribution is -2.42. The lowest BCUT2D eigenvalue weighted by molar-refractivity contribution is 0.0844. The van der Waals surface area contributed by atoms with Gasteiger partial charge >= 0.3 is 0 Å². The molecule has 3 rings (SSSR count). The minimum absolute atomic E-state index is 0.334. The fraction of sp³-hybridized carbons (Fsp3) is 0.0667. The van der Waals surface area contributed by atoms with Crippen molar-refractivity contribution >= 4 is 50.7 Å². The molecule has 3 aromatic rings. The van der Waals surface area contributed by atoms with Crippen LogP contribution >= 0.6 is 22.9 Å². The normalized spacial score (nSPS) is 10.7. The molecule has 118 valence electrons. The summed E-state index contributed by atoms with van der Waals surface area (Å²) in [4.78, 5) is 28.0. The third-order valence-electron chi connectivity index (χ3n) is 3.35. The second-order valence-electron chi connectivity index (χ2n) is 4.97. The van der Waals surface area contributed by atoms with E-state index in [-0.39, 0.29) is 0 Å². The number of fused-ring (bicyclic) bond motifs is 1. The standard InChI is InChI=1S/C15H13ClN4O2S/c1-7-3-2-4-9(17)12(7)14(22)20-19-13(21)10-5-8-6-11(16)23-15(8)18-10/h2-6,18H,17H2,1H3,(H,19,21)(H,20,22). The Hall–Kier alpha value is -2.51. The van der Waals surface area contributed by atoms with Gasteiger partial charge in [-0.1, -0.05) is 23.7 Å². The summed E-state index contributed by atoms with van der Waals surface area (Å²) in [6.07, 6.45) is 0. The molecule has 0 atom stereocenters. The molecular weight excluding hydrogens is 336 g/mol. The van der Waals surface area contributed by atoms with Crippen molar-refractivity contribution in [2.75, 3.05) is 5.73 Å². The van der Waals surface area contributed by atoms with Gasteiger partial charge < -0.3 is 10.7 Å². The molecule has 23 heavy (non-hydrogen) atoms. The van der Waals surface area contributed by atoms with Gasteiger partial charge in [0.25, 0.3) is 11.8 Å². The highest BCUT2D eigenvalue weighted by molar-refractivity contribution is 7.22. The van der Waals surface area contributed by atoms with Gasteiger partial charge in [0, 0.05) is 11.1 Å². The van der Waals surface area contributed by atoms with Gasteiger partial charge in [0.15, 0.2) is 0 Å².